The van der Waals surface area contributed by atoms with E-state index >= 15 is 0 Å². The highest BCUT2D eigenvalue weighted by atomic mass is 19.1. The number of fused-ring (bicyclic) bond motifs is 1. The van der Waals surface area contributed by atoms with E-state index in [0.29, 0.717) is 11.8 Å². The van der Waals surface area contributed by atoms with Crippen LogP contribution >= 0.6 is 0 Å². The first-order valence-electron chi connectivity index (χ1n) is 6.87. The van der Waals surface area contributed by atoms with E-state index in [4.69, 9.17) is 4.74 Å². The minimum absolute atomic E-state index is 0.0727. The summed E-state index contributed by atoms with van der Waals surface area (Å²) in [6.07, 6.45) is 0. The van der Waals surface area contributed by atoms with Crippen LogP contribution in [0.15, 0.2) is 36.4 Å². The summed E-state index contributed by atoms with van der Waals surface area (Å²) >= 11 is 0. The molecule has 1 unspecified atom stereocenters. The summed E-state index contributed by atoms with van der Waals surface area (Å²) in [6, 6.07) is 9.58. The Hall–Kier alpha value is -2.94. The fourth-order valence-electron chi connectivity index (χ4n) is 2.69. The third kappa shape index (κ3) is 2.50. The van der Waals surface area contributed by atoms with Crippen LogP contribution in [-0.2, 0) is 6.54 Å². The number of nitrogens with zero attached hydrogens (tertiary/aromatic N) is 2. The Balaban J connectivity index is 1.96. The van der Waals surface area contributed by atoms with E-state index in [0.717, 1.165) is 11.6 Å². The number of ether oxygens (including phenoxy) is 1. The number of methoxy groups -OCH3 is 1. The maximum Gasteiger partial charge on any atom is 0.258 e. The molecule has 0 radical (unpaired) electrons. The summed E-state index contributed by atoms with van der Waals surface area (Å²) in [7, 11) is 1.54. The van der Waals surface area contributed by atoms with Gasteiger partial charge in [-0.25, -0.2) is 8.78 Å². The third-order valence-corrected chi connectivity index (χ3v) is 3.80. The smallest absolute Gasteiger partial charge is 0.258 e. The van der Waals surface area contributed by atoms with E-state index in [1.165, 1.54) is 4.90 Å². The highest BCUT2D eigenvalue weighted by Crippen LogP contribution is 2.36. The van der Waals surface area contributed by atoms with Gasteiger partial charge in [0.15, 0.2) is 0 Å². The van der Waals surface area contributed by atoms with Crippen LogP contribution in [0.4, 0.5) is 8.78 Å². The Morgan fingerprint density at radius 3 is 2.57 bits per heavy atom. The standard InChI is InChI=1S/C17H12F2N2O2/c1-23-12-4-2-10(3-5-12)9-21-15(8-20)13-6-11(18)7-14(19)16(13)17(21)22/h2-7,15H,9H2,1H3. The Morgan fingerprint density at radius 1 is 1.26 bits per heavy atom. The molecule has 4 nitrogen and oxygen atoms in total. The van der Waals surface area contributed by atoms with Gasteiger partial charge >= 0.3 is 0 Å². The lowest BCUT2D eigenvalue weighted by atomic mass is 10.0. The monoisotopic (exact) mass is 314 g/mol. The van der Waals surface area contributed by atoms with E-state index < -0.39 is 23.6 Å². The molecule has 0 fully saturated rings. The normalized spacial score (nSPS) is 16.2. The summed E-state index contributed by atoms with van der Waals surface area (Å²) in [4.78, 5) is 13.6. The summed E-state index contributed by atoms with van der Waals surface area (Å²) < 4.78 is 32.4. The van der Waals surface area contributed by atoms with E-state index in [1.807, 2.05) is 6.07 Å². The molecule has 1 aliphatic rings. The number of hydrogen-bond donors (Lipinski definition) is 0. The number of carbonyl (C=O) groups excluding carboxylic acids is 1. The summed E-state index contributed by atoms with van der Waals surface area (Å²) in [6.45, 7) is 0.122. The molecule has 116 valence electrons. The van der Waals surface area contributed by atoms with Gasteiger partial charge in [0.2, 0.25) is 0 Å². The molecule has 0 spiro atoms. The van der Waals surface area contributed by atoms with Crippen LogP contribution in [0.25, 0.3) is 0 Å². The molecule has 0 saturated carbocycles. The van der Waals surface area contributed by atoms with Crippen LogP contribution in [0, 0.1) is 23.0 Å². The van der Waals surface area contributed by atoms with Crippen LogP contribution in [-0.4, -0.2) is 17.9 Å². The van der Waals surface area contributed by atoms with E-state index in [9.17, 15) is 18.8 Å². The van der Waals surface area contributed by atoms with Crippen LogP contribution in [0.3, 0.4) is 0 Å². The topological polar surface area (TPSA) is 53.3 Å². The van der Waals surface area contributed by atoms with Gasteiger partial charge in [-0.05, 0) is 23.8 Å². The molecule has 1 atom stereocenters. The molecule has 1 amide bonds. The number of amides is 1. The van der Waals surface area contributed by atoms with Crippen molar-refractivity contribution in [1.29, 1.82) is 5.26 Å². The van der Waals surface area contributed by atoms with Crippen molar-refractivity contribution in [2.45, 2.75) is 12.6 Å². The number of rotatable bonds is 3. The summed E-state index contributed by atoms with van der Waals surface area (Å²) in [5.74, 6) is -1.70. The maximum atomic E-state index is 13.9. The van der Waals surface area contributed by atoms with Gasteiger partial charge in [0.1, 0.15) is 23.4 Å². The lowest BCUT2D eigenvalue weighted by Gasteiger charge is -2.20. The predicted octanol–water partition coefficient (Wildman–Crippen LogP) is 3.19. The van der Waals surface area contributed by atoms with Gasteiger partial charge in [-0.1, -0.05) is 12.1 Å². The van der Waals surface area contributed by atoms with Gasteiger partial charge in [0.05, 0.1) is 18.7 Å². The molecule has 0 N–H and O–H groups in total. The molecule has 2 aromatic carbocycles. The van der Waals surface area contributed by atoms with Gasteiger partial charge in [0.25, 0.3) is 5.91 Å². The van der Waals surface area contributed by atoms with Crippen LogP contribution in [0.5, 0.6) is 5.75 Å². The Labute approximate surface area is 131 Å². The number of nitriles is 1. The largest absolute Gasteiger partial charge is 0.497 e. The van der Waals surface area contributed by atoms with Crippen molar-refractivity contribution in [2.24, 2.45) is 0 Å². The van der Waals surface area contributed by atoms with Crippen LogP contribution < -0.4 is 4.74 Å². The number of hydrogen-bond acceptors (Lipinski definition) is 3. The van der Waals surface area contributed by atoms with Gasteiger partial charge in [-0.3, -0.25) is 4.79 Å². The second kappa shape index (κ2) is 5.69. The molecule has 2 aromatic rings. The number of carbonyl (C=O) groups is 1. The first kappa shape index (κ1) is 15.0. The molecule has 3 rings (SSSR count). The number of benzene rings is 2. The maximum absolute atomic E-state index is 13.9. The zero-order valence-corrected chi connectivity index (χ0v) is 12.2. The van der Waals surface area contributed by atoms with Crippen molar-refractivity contribution >= 4 is 5.91 Å². The molecular formula is C17H12F2N2O2. The second-order valence-corrected chi connectivity index (χ2v) is 5.16. The van der Waals surface area contributed by atoms with Crippen molar-refractivity contribution in [3.8, 4) is 11.8 Å². The molecule has 0 saturated heterocycles. The van der Waals surface area contributed by atoms with E-state index in [2.05, 4.69) is 0 Å². The number of halogens is 2. The highest BCUT2D eigenvalue weighted by Gasteiger charge is 2.39. The molecule has 6 heteroatoms. The first-order chi connectivity index (χ1) is 11.0. The Bertz CT molecular complexity index is 813. The summed E-state index contributed by atoms with van der Waals surface area (Å²) in [5.41, 5.74) is 0.600. The van der Waals surface area contributed by atoms with Crippen LogP contribution in [0.2, 0.25) is 0 Å². The SMILES string of the molecule is COc1ccc(CN2C(=O)c3c(F)cc(F)cc3C2C#N)cc1. The molecule has 0 aliphatic carbocycles. The summed E-state index contributed by atoms with van der Waals surface area (Å²) in [5, 5.41) is 9.33. The minimum atomic E-state index is -1.01. The zero-order chi connectivity index (χ0) is 16.6. The minimum Gasteiger partial charge on any atom is -0.497 e. The molecule has 1 heterocycles. The van der Waals surface area contributed by atoms with Crippen molar-refractivity contribution in [2.75, 3.05) is 7.11 Å². The second-order valence-electron chi connectivity index (χ2n) is 5.16. The van der Waals surface area contributed by atoms with Crippen LogP contribution in [0.1, 0.15) is 27.5 Å². The van der Waals surface area contributed by atoms with Gasteiger partial charge in [-0.15, -0.1) is 0 Å². The van der Waals surface area contributed by atoms with E-state index in [1.54, 1.807) is 31.4 Å². The molecule has 0 bridgehead atoms. The van der Waals surface area contributed by atoms with Gasteiger partial charge < -0.3 is 9.64 Å². The van der Waals surface area contributed by atoms with Gasteiger partial charge in [0, 0.05) is 18.2 Å². The quantitative estimate of drug-likeness (QED) is 0.874. The molecular weight excluding hydrogens is 302 g/mol. The average molecular weight is 314 g/mol. The Morgan fingerprint density at radius 2 is 1.96 bits per heavy atom. The lowest BCUT2D eigenvalue weighted by Crippen LogP contribution is -2.27. The first-order valence-corrected chi connectivity index (χ1v) is 6.87. The Kier molecular flexibility index (Phi) is 3.70. The van der Waals surface area contributed by atoms with Crippen molar-refractivity contribution in [3.63, 3.8) is 0 Å². The van der Waals surface area contributed by atoms with E-state index in [-0.39, 0.29) is 17.7 Å². The molecule has 23 heavy (non-hydrogen) atoms. The van der Waals surface area contributed by atoms with Crippen molar-refractivity contribution in [1.82, 2.24) is 4.90 Å². The third-order valence-electron chi connectivity index (χ3n) is 3.80. The fraction of sp³-hybridized carbons (Fsp3) is 0.176. The zero-order valence-electron chi connectivity index (χ0n) is 12.2. The average Bonchev–Trinajstić information content (AvgIpc) is 2.80. The lowest BCUT2D eigenvalue weighted by molar-refractivity contribution is 0.0741. The predicted molar refractivity (Wildman–Crippen MR) is 77.6 cm³/mol. The molecule has 0 aromatic heterocycles. The van der Waals surface area contributed by atoms with Gasteiger partial charge in [-0.2, -0.15) is 5.26 Å². The highest BCUT2D eigenvalue weighted by molar-refractivity contribution is 5.99. The molecule has 1 aliphatic heterocycles. The fourth-order valence-corrected chi connectivity index (χ4v) is 2.69. The van der Waals surface area contributed by atoms with Crippen molar-refractivity contribution in [3.05, 3.63) is 64.7 Å². The van der Waals surface area contributed by atoms with Crippen molar-refractivity contribution < 1.29 is 18.3 Å².